The maximum atomic E-state index is 12.2. The lowest BCUT2D eigenvalue weighted by Gasteiger charge is -2.00. The molecule has 59 valence electrons. The quantitative estimate of drug-likeness (QED) is 0.581. The highest BCUT2D eigenvalue weighted by atomic mass is 19.3. The Morgan fingerprint density at radius 1 is 1.45 bits per heavy atom. The molecule has 2 nitrogen and oxygen atoms in total. The summed E-state index contributed by atoms with van der Waals surface area (Å²) in [7, 11) is 0. The minimum atomic E-state index is -2.42. The van der Waals surface area contributed by atoms with Crippen molar-refractivity contribution in [3.05, 3.63) is 11.8 Å². The molecule has 2 rings (SSSR count). The molecule has 0 bridgehead atoms. The smallest absolute Gasteiger partial charge is 0.205 e. The highest BCUT2D eigenvalue weighted by molar-refractivity contribution is 6.04. The predicted octanol–water partition coefficient (Wildman–Crippen LogP) is 1.52. The summed E-state index contributed by atoms with van der Waals surface area (Å²) in [5.74, 6) is 0.265. The van der Waals surface area contributed by atoms with E-state index >= 15 is 0 Å². The van der Waals surface area contributed by atoms with Crippen molar-refractivity contribution in [2.75, 3.05) is 0 Å². The topological polar surface area (TPSA) is 26.5 Å². The van der Waals surface area contributed by atoms with Gasteiger partial charge >= 0.3 is 0 Å². The van der Waals surface area contributed by atoms with E-state index < -0.39 is 6.43 Å². The first-order valence-corrected chi connectivity index (χ1v) is 3.55. The molecule has 0 aromatic heterocycles. The first-order chi connectivity index (χ1) is 5.29. The first kappa shape index (κ1) is 6.76. The standard InChI is InChI=1S/C7H7F2N2/c8-7(9)5-3-10-11-6(5)4-1-2-4/h3-4,7H,1-2H2. The fourth-order valence-corrected chi connectivity index (χ4v) is 1.12. The molecule has 1 saturated carbocycles. The summed E-state index contributed by atoms with van der Waals surface area (Å²) in [6.07, 6.45) is 0.718. The minimum absolute atomic E-state index is 0.0208. The minimum Gasteiger partial charge on any atom is -0.205 e. The molecule has 2 aliphatic rings. The van der Waals surface area contributed by atoms with Gasteiger partial charge in [-0.05, 0) is 12.8 Å². The molecule has 0 atom stereocenters. The van der Waals surface area contributed by atoms with E-state index in [2.05, 4.69) is 10.5 Å². The van der Waals surface area contributed by atoms with Gasteiger partial charge in [0.15, 0.2) is 0 Å². The van der Waals surface area contributed by atoms with Crippen molar-refractivity contribution in [1.29, 1.82) is 0 Å². The lowest BCUT2D eigenvalue weighted by atomic mass is 10.1. The van der Waals surface area contributed by atoms with Crippen LogP contribution in [0.5, 0.6) is 0 Å². The van der Waals surface area contributed by atoms with Crippen molar-refractivity contribution >= 4 is 5.71 Å². The van der Waals surface area contributed by atoms with E-state index in [-0.39, 0.29) is 11.5 Å². The molecule has 0 aromatic carbocycles. The molecular weight excluding hydrogens is 150 g/mol. The van der Waals surface area contributed by atoms with Gasteiger partial charge in [-0.3, -0.25) is 0 Å². The van der Waals surface area contributed by atoms with Gasteiger partial charge < -0.3 is 0 Å². The van der Waals surface area contributed by atoms with Crippen LogP contribution in [0, 0.1) is 5.92 Å². The van der Waals surface area contributed by atoms with Gasteiger partial charge in [-0.15, -0.1) is 0 Å². The maximum Gasteiger partial charge on any atom is 0.267 e. The molecule has 0 amide bonds. The van der Waals surface area contributed by atoms with Gasteiger partial charge in [0, 0.05) is 5.92 Å². The second kappa shape index (κ2) is 2.29. The summed E-state index contributed by atoms with van der Waals surface area (Å²) in [5, 5.41) is 3.67. The van der Waals surface area contributed by atoms with Crippen LogP contribution in [0.15, 0.2) is 16.9 Å². The zero-order valence-corrected chi connectivity index (χ0v) is 5.80. The number of rotatable bonds is 2. The molecule has 0 spiro atoms. The van der Waals surface area contributed by atoms with E-state index in [1.165, 1.54) is 6.20 Å². The Hall–Kier alpha value is -0.930. The van der Waals surface area contributed by atoms with E-state index in [1.54, 1.807) is 0 Å². The molecule has 1 aliphatic carbocycles. The Morgan fingerprint density at radius 2 is 2.18 bits per heavy atom. The molecule has 0 unspecified atom stereocenters. The molecule has 1 aliphatic heterocycles. The van der Waals surface area contributed by atoms with Crippen LogP contribution in [0.4, 0.5) is 8.78 Å². The van der Waals surface area contributed by atoms with Crippen LogP contribution in [0.3, 0.4) is 0 Å². The Bertz CT molecular complexity index is 213. The maximum absolute atomic E-state index is 12.2. The van der Waals surface area contributed by atoms with Crippen LogP contribution in [0.2, 0.25) is 0 Å². The van der Waals surface area contributed by atoms with Crippen molar-refractivity contribution in [3.8, 4) is 0 Å². The Morgan fingerprint density at radius 3 is 2.73 bits per heavy atom. The van der Waals surface area contributed by atoms with Crippen molar-refractivity contribution < 1.29 is 8.78 Å². The van der Waals surface area contributed by atoms with Crippen molar-refractivity contribution in [2.45, 2.75) is 19.3 Å². The third kappa shape index (κ3) is 1.13. The summed E-state index contributed by atoms with van der Waals surface area (Å²) < 4.78 is 24.3. The van der Waals surface area contributed by atoms with E-state index in [0.717, 1.165) is 12.8 Å². The predicted molar refractivity (Wildman–Crippen MR) is 36.4 cm³/mol. The largest absolute Gasteiger partial charge is 0.267 e. The van der Waals surface area contributed by atoms with Gasteiger partial charge in [-0.1, -0.05) is 0 Å². The molecular formula is C7H7F2N2. The number of halogens is 2. The van der Waals surface area contributed by atoms with Crippen molar-refractivity contribution in [1.82, 2.24) is 5.43 Å². The third-order valence-corrected chi connectivity index (χ3v) is 1.86. The van der Waals surface area contributed by atoms with Gasteiger partial charge in [0.2, 0.25) is 0 Å². The van der Waals surface area contributed by atoms with E-state index in [4.69, 9.17) is 0 Å². The molecule has 0 saturated heterocycles. The van der Waals surface area contributed by atoms with Gasteiger partial charge in [0.25, 0.3) is 6.43 Å². The van der Waals surface area contributed by atoms with Crippen LogP contribution in [-0.4, -0.2) is 12.1 Å². The average molecular weight is 157 g/mol. The van der Waals surface area contributed by atoms with E-state index in [1.807, 2.05) is 0 Å². The number of hydrogen-bond acceptors (Lipinski definition) is 1. The SMILES string of the molecule is FC(F)C1=C[N]N=C1C1CC1. The monoisotopic (exact) mass is 157 g/mol. The zero-order valence-electron chi connectivity index (χ0n) is 5.80. The number of nitrogens with zero attached hydrogens (tertiary/aromatic N) is 2. The van der Waals surface area contributed by atoms with Crippen LogP contribution >= 0.6 is 0 Å². The van der Waals surface area contributed by atoms with E-state index in [0.29, 0.717) is 5.71 Å². The Labute approximate surface area is 63.0 Å². The van der Waals surface area contributed by atoms with Gasteiger partial charge in [-0.2, -0.15) is 10.5 Å². The fourth-order valence-electron chi connectivity index (χ4n) is 1.12. The normalized spacial score (nSPS) is 23.2. The molecule has 0 aromatic rings. The van der Waals surface area contributed by atoms with Crippen LogP contribution in [0.25, 0.3) is 0 Å². The first-order valence-electron chi connectivity index (χ1n) is 3.55. The van der Waals surface area contributed by atoms with Crippen molar-refractivity contribution in [3.63, 3.8) is 0 Å². The number of alkyl halides is 2. The lowest BCUT2D eigenvalue weighted by Crippen LogP contribution is -2.09. The highest BCUT2D eigenvalue weighted by Gasteiger charge is 2.35. The number of hydrogen-bond donors (Lipinski definition) is 0. The average Bonchev–Trinajstić information content (AvgIpc) is 2.68. The van der Waals surface area contributed by atoms with Gasteiger partial charge in [-0.25, -0.2) is 8.78 Å². The highest BCUT2D eigenvalue weighted by Crippen LogP contribution is 2.35. The lowest BCUT2D eigenvalue weighted by molar-refractivity contribution is 0.196. The van der Waals surface area contributed by atoms with E-state index in [9.17, 15) is 8.78 Å². The molecule has 0 N–H and O–H groups in total. The molecule has 1 fully saturated rings. The van der Waals surface area contributed by atoms with Crippen LogP contribution in [-0.2, 0) is 0 Å². The summed E-state index contributed by atoms with van der Waals surface area (Å²) in [4.78, 5) is 0. The second-order valence-electron chi connectivity index (χ2n) is 2.76. The molecule has 1 radical (unpaired) electrons. The van der Waals surface area contributed by atoms with Crippen molar-refractivity contribution in [2.24, 2.45) is 11.0 Å². The second-order valence-corrected chi connectivity index (χ2v) is 2.76. The Kier molecular flexibility index (Phi) is 1.41. The molecule has 1 heterocycles. The molecule has 4 heteroatoms. The number of allylic oxidation sites excluding steroid dienone is 1. The van der Waals surface area contributed by atoms with Crippen LogP contribution in [0.1, 0.15) is 12.8 Å². The summed E-state index contributed by atoms with van der Waals surface area (Å²) >= 11 is 0. The van der Waals surface area contributed by atoms with Gasteiger partial charge in [0.1, 0.15) is 0 Å². The Balaban J connectivity index is 2.14. The zero-order chi connectivity index (χ0) is 7.84. The summed E-state index contributed by atoms with van der Waals surface area (Å²) in [5.41, 5.74) is 4.01. The van der Waals surface area contributed by atoms with Crippen LogP contribution < -0.4 is 5.43 Å². The third-order valence-electron chi connectivity index (χ3n) is 1.86. The fraction of sp³-hybridized carbons (Fsp3) is 0.571. The summed E-state index contributed by atoms with van der Waals surface area (Å²) in [6, 6.07) is 0. The molecule has 11 heavy (non-hydrogen) atoms. The van der Waals surface area contributed by atoms with Gasteiger partial charge in [0.05, 0.1) is 17.5 Å². The summed E-state index contributed by atoms with van der Waals surface area (Å²) in [6.45, 7) is 0.